The molecule has 1 N–H and O–H groups in total. The predicted molar refractivity (Wildman–Crippen MR) is 95.8 cm³/mol. The van der Waals surface area contributed by atoms with Crippen LogP contribution in [0.1, 0.15) is 26.3 Å². The minimum atomic E-state index is -7.15. The van der Waals surface area contributed by atoms with Crippen molar-refractivity contribution in [1.29, 1.82) is 0 Å². The van der Waals surface area contributed by atoms with Gasteiger partial charge >= 0.3 is 29.9 Å². The fourth-order valence-electron chi connectivity index (χ4n) is 2.30. The van der Waals surface area contributed by atoms with E-state index in [0.717, 1.165) is 5.56 Å². The number of nitrogens with one attached hydrogen (secondary N) is 1. The SMILES string of the molecule is CC(C)(C)c1ccc(-c2csc(NC(=O)C(F)(F)C(F)(F)C(F)(F)C(F)(F)F)n2)cc1. The summed E-state index contributed by atoms with van der Waals surface area (Å²) in [5.41, 5.74) is 1.38. The van der Waals surface area contributed by atoms with Crippen molar-refractivity contribution in [2.75, 3.05) is 5.32 Å². The molecule has 0 bridgehead atoms. The summed E-state index contributed by atoms with van der Waals surface area (Å²) in [4.78, 5) is 15.2. The molecule has 0 aliphatic heterocycles. The van der Waals surface area contributed by atoms with E-state index in [1.807, 2.05) is 20.8 Å². The number of anilines is 1. The summed E-state index contributed by atoms with van der Waals surface area (Å²) in [6, 6.07) is 6.74. The molecule has 0 aliphatic carbocycles. The Morgan fingerprint density at radius 3 is 1.84 bits per heavy atom. The highest BCUT2D eigenvalue weighted by molar-refractivity contribution is 7.14. The summed E-state index contributed by atoms with van der Waals surface area (Å²) >= 11 is 0.491. The second-order valence-electron chi connectivity index (χ2n) is 7.54. The molecule has 0 fully saturated rings. The van der Waals surface area contributed by atoms with Gasteiger partial charge in [-0.3, -0.25) is 10.1 Å². The summed E-state index contributed by atoms with van der Waals surface area (Å²) in [7, 11) is 0. The highest BCUT2D eigenvalue weighted by Gasteiger charge is 2.83. The number of hydrogen-bond donors (Lipinski definition) is 1. The first-order valence-electron chi connectivity index (χ1n) is 8.40. The van der Waals surface area contributed by atoms with Gasteiger partial charge in [0, 0.05) is 10.9 Å². The second kappa shape index (κ2) is 7.68. The lowest BCUT2D eigenvalue weighted by molar-refractivity contribution is -0.388. The van der Waals surface area contributed by atoms with Gasteiger partial charge < -0.3 is 0 Å². The van der Waals surface area contributed by atoms with Crippen molar-refractivity contribution in [2.24, 2.45) is 0 Å². The normalized spacial score (nSPS) is 13.9. The van der Waals surface area contributed by atoms with Crippen molar-refractivity contribution < 1.29 is 44.3 Å². The van der Waals surface area contributed by atoms with Gasteiger partial charge in [0.15, 0.2) is 5.13 Å². The molecule has 2 rings (SSSR count). The van der Waals surface area contributed by atoms with Crippen LogP contribution in [-0.2, 0) is 10.2 Å². The van der Waals surface area contributed by atoms with Crippen molar-refractivity contribution >= 4 is 22.4 Å². The molecule has 2 aromatic rings. The first kappa shape index (κ1) is 25.0. The number of thiazole rings is 1. The Morgan fingerprint density at radius 2 is 1.39 bits per heavy atom. The zero-order valence-corrected chi connectivity index (χ0v) is 16.9. The molecule has 0 atom stereocenters. The topological polar surface area (TPSA) is 42.0 Å². The molecule has 0 saturated heterocycles. The highest BCUT2D eigenvalue weighted by atomic mass is 32.1. The zero-order chi connectivity index (χ0) is 24.0. The summed E-state index contributed by atoms with van der Waals surface area (Å²) < 4.78 is 116. The lowest BCUT2D eigenvalue weighted by atomic mass is 9.86. The number of alkyl halides is 9. The lowest BCUT2D eigenvalue weighted by Gasteiger charge is -2.32. The van der Waals surface area contributed by atoms with Gasteiger partial charge in [-0.25, -0.2) is 4.98 Å². The van der Waals surface area contributed by atoms with E-state index in [9.17, 15) is 44.3 Å². The maximum Gasteiger partial charge on any atom is 0.460 e. The van der Waals surface area contributed by atoms with Crippen LogP contribution in [0, 0.1) is 0 Å². The third kappa shape index (κ3) is 4.51. The van der Waals surface area contributed by atoms with Crippen LogP contribution < -0.4 is 5.32 Å². The Morgan fingerprint density at radius 1 is 0.871 bits per heavy atom. The number of carbonyl (C=O) groups excluding carboxylic acids is 1. The largest absolute Gasteiger partial charge is 0.460 e. The van der Waals surface area contributed by atoms with Crippen molar-refractivity contribution in [3.63, 3.8) is 0 Å². The second-order valence-corrected chi connectivity index (χ2v) is 8.40. The monoisotopic (exact) mass is 478 g/mol. The van der Waals surface area contributed by atoms with Crippen LogP contribution in [0.4, 0.5) is 44.6 Å². The van der Waals surface area contributed by atoms with Crippen molar-refractivity contribution in [3.8, 4) is 11.3 Å². The molecule has 0 unspecified atom stereocenters. The highest BCUT2D eigenvalue weighted by Crippen LogP contribution is 2.53. The molecule has 1 heterocycles. The van der Waals surface area contributed by atoms with Crippen LogP contribution in [0.5, 0.6) is 0 Å². The number of benzene rings is 1. The molecular weight excluding hydrogens is 463 g/mol. The molecule has 0 radical (unpaired) electrons. The molecule has 1 aromatic heterocycles. The van der Waals surface area contributed by atoms with Gasteiger partial charge in [0.25, 0.3) is 0 Å². The average Bonchev–Trinajstić information content (AvgIpc) is 3.08. The van der Waals surface area contributed by atoms with Crippen molar-refractivity contribution in [2.45, 2.75) is 50.1 Å². The van der Waals surface area contributed by atoms with E-state index in [-0.39, 0.29) is 11.1 Å². The minimum Gasteiger partial charge on any atom is -0.296 e. The van der Waals surface area contributed by atoms with E-state index in [1.54, 1.807) is 24.3 Å². The van der Waals surface area contributed by atoms with Crippen LogP contribution in [-0.4, -0.2) is 34.8 Å². The first-order chi connectivity index (χ1) is 13.8. The number of nitrogens with zero attached hydrogens (tertiary/aromatic N) is 1. The van der Waals surface area contributed by atoms with Crippen molar-refractivity contribution in [3.05, 3.63) is 35.2 Å². The fraction of sp³-hybridized carbons (Fsp3) is 0.444. The minimum absolute atomic E-state index is 0.136. The standard InChI is InChI=1S/C18H15F9N2OS/c1-14(2,3)10-6-4-9(5-7-10)11-8-31-13(28-11)29-12(30)15(19,20)16(21,22)17(23,24)18(25,26)27/h4-8H,1-3H3,(H,28,29,30). The summed E-state index contributed by atoms with van der Waals surface area (Å²) in [5, 5.41) is 1.74. The maximum atomic E-state index is 13.6. The van der Waals surface area contributed by atoms with Gasteiger partial charge in [-0.1, -0.05) is 45.0 Å². The number of aromatic nitrogens is 1. The number of hydrogen-bond acceptors (Lipinski definition) is 3. The maximum absolute atomic E-state index is 13.6. The molecule has 172 valence electrons. The summed E-state index contributed by atoms with van der Waals surface area (Å²) in [6.07, 6.45) is -7.01. The molecule has 1 aromatic carbocycles. The van der Waals surface area contributed by atoms with Gasteiger partial charge in [0.2, 0.25) is 0 Å². The summed E-state index contributed by atoms with van der Waals surface area (Å²) in [5.74, 6) is -23.6. The van der Waals surface area contributed by atoms with Gasteiger partial charge in [-0.15, -0.1) is 11.3 Å². The van der Waals surface area contributed by atoms with E-state index >= 15 is 0 Å². The van der Waals surface area contributed by atoms with Crippen molar-refractivity contribution in [1.82, 2.24) is 4.98 Å². The number of carbonyl (C=O) groups is 1. The number of rotatable bonds is 5. The molecule has 1 amide bonds. The molecule has 13 heteroatoms. The zero-order valence-electron chi connectivity index (χ0n) is 16.1. The lowest BCUT2D eigenvalue weighted by Crippen LogP contribution is -2.64. The van der Waals surface area contributed by atoms with Crippen LogP contribution in [0.2, 0.25) is 0 Å². The third-order valence-electron chi connectivity index (χ3n) is 4.20. The van der Waals surface area contributed by atoms with E-state index in [1.165, 1.54) is 10.7 Å². The molecule has 0 saturated carbocycles. The Balaban J connectivity index is 2.24. The van der Waals surface area contributed by atoms with Gasteiger partial charge in [0.1, 0.15) is 0 Å². The smallest absolute Gasteiger partial charge is 0.296 e. The Bertz CT molecular complexity index is 944. The van der Waals surface area contributed by atoms with Gasteiger partial charge in [-0.05, 0) is 11.0 Å². The Hall–Kier alpha value is -2.31. The molecule has 0 aliphatic rings. The molecule has 0 spiro atoms. The van der Waals surface area contributed by atoms with Crippen LogP contribution in [0.15, 0.2) is 29.6 Å². The van der Waals surface area contributed by atoms with E-state index in [2.05, 4.69) is 4.98 Å². The first-order valence-corrected chi connectivity index (χ1v) is 9.28. The molecule has 31 heavy (non-hydrogen) atoms. The fourth-order valence-corrected chi connectivity index (χ4v) is 3.01. The van der Waals surface area contributed by atoms with Crippen LogP contribution >= 0.6 is 11.3 Å². The van der Waals surface area contributed by atoms with E-state index in [0.29, 0.717) is 16.9 Å². The summed E-state index contributed by atoms with van der Waals surface area (Å²) in [6.45, 7) is 5.87. The van der Waals surface area contributed by atoms with E-state index in [4.69, 9.17) is 0 Å². The predicted octanol–water partition coefficient (Wildman–Crippen LogP) is 6.51. The quantitative estimate of drug-likeness (QED) is 0.498. The Kier molecular flexibility index (Phi) is 6.18. The average molecular weight is 478 g/mol. The molecule has 3 nitrogen and oxygen atoms in total. The molecular formula is C18H15F9N2OS. The van der Waals surface area contributed by atoms with Gasteiger partial charge in [-0.2, -0.15) is 39.5 Å². The van der Waals surface area contributed by atoms with Gasteiger partial charge in [0.05, 0.1) is 5.69 Å². The van der Waals surface area contributed by atoms with Crippen LogP contribution in [0.25, 0.3) is 11.3 Å². The van der Waals surface area contributed by atoms with Crippen LogP contribution in [0.3, 0.4) is 0 Å². The number of halogens is 9. The Labute approximate surface area is 174 Å². The number of amides is 1. The van der Waals surface area contributed by atoms with E-state index < -0.39 is 35.0 Å². The third-order valence-corrected chi connectivity index (χ3v) is 4.96.